The van der Waals surface area contributed by atoms with E-state index in [1.807, 2.05) is 0 Å². The van der Waals surface area contributed by atoms with Crippen LogP contribution >= 0.6 is 0 Å². The Labute approximate surface area is 453 Å². The largest absolute Gasteiger partial charge is 0.310 e. The van der Waals surface area contributed by atoms with Gasteiger partial charge in [-0.05, 0) is 148 Å². The van der Waals surface area contributed by atoms with E-state index in [9.17, 15) is 0 Å². The fourth-order valence-corrected chi connectivity index (χ4v) is 14.8. The fraction of sp³-hybridized carbons (Fsp3) is 0.0263. The molecule has 0 saturated carbocycles. The molecular weight excluding hydrogens is 941 g/mol. The third kappa shape index (κ3) is 5.65. The molecule has 2 aliphatic carbocycles. The second kappa shape index (κ2) is 16.2. The molecule has 2 heteroatoms. The number of rotatable bonds is 6. The summed E-state index contributed by atoms with van der Waals surface area (Å²) in [7, 11) is 0. The number of para-hydroxylation sites is 3. The second-order valence-electron chi connectivity index (χ2n) is 21.4. The Kier molecular flexibility index (Phi) is 9.01. The Morgan fingerprint density at radius 3 is 1.58 bits per heavy atom. The van der Waals surface area contributed by atoms with Gasteiger partial charge >= 0.3 is 0 Å². The number of hydrogen-bond donors (Lipinski definition) is 0. The van der Waals surface area contributed by atoms with Crippen LogP contribution < -0.4 is 4.90 Å². The van der Waals surface area contributed by atoms with Crippen LogP contribution in [0.25, 0.3) is 82.4 Å². The standard InChI is InChI=1S/C76H48N2/c1-3-22-52(23-4-1)75(53-24-5-2-6-25-53)67-46-39-50-20-8-10-27-59(50)73(67)64-45-43-56(48-70(64)75)77(54-40-37-51(38-41-54)58-30-17-21-49-19-7-9-26-57(49)58)55-42-44-61-60-28-11-13-32-65(60)76(69(61)47-55)66-33-14-16-36-72(66)78-71-35-15-12-29-62(71)63-31-18-34-68(76)74(63)78/h1-48H. The molecule has 1 spiro atoms. The van der Waals surface area contributed by atoms with E-state index in [0.29, 0.717) is 0 Å². The van der Waals surface area contributed by atoms with Crippen LogP contribution in [0, 0.1) is 0 Å². The van der Waals surface area contributed by atoms with Crippen LogP contribution in [0.2, 0.25) is 0 Å². The molecule has 362 valence electrons. The molecule has 0 radical (unpaired) electrons. The van der Waals surface area contributed by atoms with Crippen LogP contribution in [0.4, 0.5) is 17.1 Å². The highest BCUT2D eigenvalue weighted by atomic mass is 15.1. The number of fused-ring (bicyclic) bond motifs is 18. The van der Waals surface area contributed by atoms with Crippen molar-refractivity contribution in [2.45, 2.75) is 10.8 Å². The van der Waals surface area contributed by atoms with Gasteiger partial charge in [0.1, 0.15) is 0 Å². The summed E-state index contributed by atoms with van der Waals surface area (Å²) in [6.07, 6.45) is 0. The first-order valence-electron chi connectivity index (χ1n) is 27.2. The van der Waals surface area contributed by atoms with E-state index in [4.69, 9.17) is 0 Å². The van der Waals surface area contributed by atoms with Gasteiger partial charge < -0.3 is 9.47 Å². The van der Waals surface area contributed by atoms with Crippen LogP contribution in [0.3, 0.4) is 0 Å². The van der Waals surface area contributed by atoms with E-state index in [1.54, 1.807) is 0 Å². The predicted molar refractivity (Wildman–Crippen MR) is 324 cm³/mol. The van der Waals surface area contributed by atoms with Crippen molar-refractivity contribution in [2.75, 3.05) is 4.90 Å². The SMILES string of the molecule is c1ccc(C2(c3ccccc3)c3cc(N(c4ccc(-c5cccc6ccccc56)cc4)c4ccc5c(c4)C4(c6ccccc6-5)c5ccccc5-n5c6ccccc6c6cccc4c65)ccc3-c3c2ccc2ccccc32)cc1. The van der Waals surface area contributed by atoms with Crippen LogP contribution in [0.1, 0.15) is 44.5 Å². The quantitative estimate of drug-likeness (QED) is 0.161. The van der Waals surface area contributed by atoms with Crippen molar-refractivity contribution >= 4 is 60.4 Å². The van der Waals surface area contributed by atoms with E-state index < -0.39 is 10.8 Å². The van der Waals surface area contributed by atoms with E-state index in [-0.39, 0.29) is 0 Å². The summed E-state index contributed by atoms with van der Waals surface area (Å²) in [6.45, 7) is 0. The van der Waals surface area contributed by atoms with Crippen molar-refractivity contribution in [1.29, 1.82) is 0 Å². The number of hydrogen-bond acceptors (Lipinski definition) is 1. The minimum Gasteiger partial charge on any atom is -0.310 e. The maximum atomic E-state index is 2.54. The number of benzene rings is 13. The molecule has 1 aliphatic heterocycles. The third-order valence-electron chi connectivity index (χ3n) is 17.8. The lowest BCUT2D eigenvalue weighted by Gasteiger charge is -2.40. The molecule has 14 aromatic rings. The van der Waals surface area contributed by atoms with E-state index in [0.717, 1.165) is 17.1 Å². The molecule has 13 aromatic carbocycles. The van der Waals surface area contributed by atoms with Gasteiger partial charge in [-0.3, -0.25) is 0 Å². The normalized spacial score (nSPS) is 15.1. The summed E-state index contributed by atoms with van der Waals surface area (Å²) in [6, 6.07) is 110. The van der Waals surface area contributed by atoms with Crippen LogP contribution in [0.5, 0.6) is 0 Å². The maximum absolute atomic E-state index is 2.54. The highest BCUT2D eigenvalue weighted by molar-refractivity contribution is 6.13. The average molecular weight is 989 g/mol. The number of aromatic nitrogens is 1. The Balaban J connectivity index is 0.952. The zero-order chi connectivity index (χ0) is 51.1. The van der Waals surface area contributed by atoms with Gasteiger partial charge in [-0.15, -0.1) is 0 Å². The molecule has 2 nitrogen and oxygen atoms in total. The summed E-state index contributed by atoms with van der Waals surface area (Å²) in [4.78, 5) is 2.53. The highest BCUT2D eigenvalue weighted by Crippen LogP contribution is 2.63. The lowest BCUT2D eigenvalue weighted by molar-refractivity contribution is 0.748. The summed E-state index contributed by atoms with van der Waals surface area (Å²) >= 11 is 0. The van der Waals surface area contributed by atoms with Gasteiger partial charge in [-0.2, -0.15) is 0 Å². The van der Waals surface area contributed by atoms with Crippen LogP contribution in [-0.4, -0.2) is 4.57 Å². The van der Waals surface area contributed by atoms with E-state index in [2.05, 4.69) is 301 Å². The molecule has 0 saturated heterocycles. The first-order valence-corrected chi connectivity index (χ1v) is 27.2. The van der Waals surface area contributed by atoms with Crippen LogP contribution in [0.15, 0.2) is 291 Å². The van der Waals surface area contributed by atoms with E-state index in [1.165, 1.54) is 127 Å². The summed E-state index contributed by atoms with van der Waals surface area (Å²) < 4.78 is 2.53. The Morgan fingerprint density at radius 2 is 0.808 bits per heavy atom. The molecule has 0 amide bonds. The third-order valence-corrected chi connectivity index (χ3v) is 17.8. The first kappa shape index (κ1) is 43.2. The van der Waals surface area contributed by atoms with Crippen molar-refractivity contribution in [2.24, 2.45) is 0 Å². The van der Waals surface area contributed by atoms with Gasteiger partial charge in [-0.1, -0.05) is 243 Å². The predicted octanol–water partition coefficient (Wildman–Crippen LogP) is 19.3. The van der Waals surface area contributed by atoms with Gasteiger partial charge in [0.05, 0.1) is 27.6 Å². The monoisotopic (exact) mass is 988 g/mol. The molecule has 0 bridgehead atoms. The van der Waals surface area contributed by atoms with Crippen molar-refractivity contribution in [1.82, 2.24) is 4.57 Å². The van der Waals surface area contributed by atoms with Crippen molar-refractivity contribution in [3.63, 3.8) is 0 Å². The molecule has 1 atom stereocenters. The van der Waals surface area contributed by atoms with Crippen molar-refractivity contribution in [3.8, 4) is 39.1 Å². The summed E-state index contributed by atoms with van der Waals surface area (Å²) in [5.41, 5.74) is 23.6. The smallest absolute Gasteiger partial charge is 0.0755 e. The van der Waals surface area contributed by atoms with E-state index >= 15 is 0 Å². The van der Waals surface area contributed by atoms with Gasteiger partial charge in [0.25, 0.3) is 0 Å². The minimum absolute atomic E-state index is 0.607. The van der Waals surface area contributed by atoms with Gasteiger partial charge in [0.15, 0.2) is 0 Å². The zero-order valence-electron chi connectivity index (χ0n) is 42.6. The average Bonchev–Trinajstić information content (AvgIpc) is 3.84. The van der Waals surface area contributed by atoms with Gasteiger partial charge in [0.2, 0.25) is 0 Å². The minimum atomic E-state index is -0.608. The zero-order valence-corrected chi connectivity index (χ0v) is 42.6. The molecular formula is C76H48N2. The summed E-state index contributed by atoms with van der Waals surface area (Å²) in [5, 5.41) is 7.54. The molecule has 0 fully saturated rings. The lowest BCUT2D eigenvalue weighted by atomic mass is 9.65. The second-order valence-corrected chi connectivity index (χ2v) is 21.4. The number of nitrogens with zero attached hydrogens (tertiary/aromatic N) is 2. The fourth-order valence-electron chi connectivity index (χ4n) is 14.8. The molecule has 17 rings (SSSR count). The Morgan fingerprint density at radius 1 is 0.282 bits per heavy atom. The van der Waals surface area contributed by atoms with Crippen molar-refractivity contribution in [3.05, 3.63) is 336 Å². The topological polar surface area (TPSA) is 8.17 Å². The van der Waals surface area contributed by atoms with Gasteiger partial charge in [0, 0.05) is 27.8 Å². The van der Waals surface area contributed by atoms with Gasteiger partial charge in [-0.25, -0.2) is 0 Å². The Hall–Kier alpha value is -10.0. The molecule has 1 aromatic heterocycles. The van der Waals surface area contributed by atoms with Crippen molar-refractivity contribution < 1.29 is 0 Å². The summed E-state index contributed by atoms with van der Waals surface area (Å²) in [5.74, 6) is 0. The molecule has 2 heterocycles. The Bertz CT molecular complexity index is 4750. The molecule has 1 unspecified atom stereocenters. The molecule has 0 N–H and O–H groups in total. The number of anilines is 3. The lowest BCUT2D eigenvalue weighted by Crippen LogP contribution is -2.33. The maximum Gasteiger partial charge on any atom is 0.0755 e. The molecule has 3 aliphatic rings. The van der Waals surface area contributed by atoms with Crippen LogP contribution in [-0.2, 0) is 10.8 Å². The first-order chi connectivity index (χ1) is 38.7. The molecule has 78 heavy (non-hydrogen) atoms. The highest BCUT2D eigenvalue weighted by Gasteiger charge is 2.52.